The minimum Gasteiger partial charge on any atom is -0.600 e. The summed E-state index contributed by atoms with van der Waals surface area (Å²) in [4.78, 5) is 13.8. The number of carbonyl (C=O) groups is 1. The number of piperidine rings is 1. The molecule has 4 aliphatic carbocycles. The monoisotopic (exact) mass is 400 g/mol. The molecule has 8 heteroatoms. The second kappa shape index (κ2) is 5.31. The smallest absolute Gasteiger partial charge is 0.209 e. The lowest BCUT2D eigenvalue weighted by molar-refractivity contribution is -1.07. The summed E-state index contributed by atoms with van der Waals surface area (Å²) in [5.41, 5.74) is 0.318. The van der Waals surface area contributed by atoms with E-state index in [1.165, 1.54) is 0 Å². The van der Waals surface area contributed by atoms with Gasteiger partial charge in [-0.2, -0.15) is 0 Å². The van der Waals surface area contributed by atoms with Crippen LogP contribution in [0.4, 0.5) is 0 Å². The number of hydrogen-bond donors (Lipinski definition) is 2. The Kier molecular flexibility index (Phi) is 3.24. The second-order valence-electron chi connectivity index (χ2n) is 8.94. The number of ether oxygens (including phenoxy) is 3. The van der Waals surface area contributed by atoms with E-state index in [4.69, 9.17) is 14.2 Å². The van der Waals surface area contributed by atoms with Gasteiger partial charge in [0, 0.05) is 37.1 Å². The lowest BCUT2D eigenvalue weighted by Gasteiger charge is -2.70. The normalized spacial score (nSPS) is 43.6. The van der Waals surface area contributed by atoms with Gasteiger partial charge in [-0.25, -0.2) is 10.4 Å². The fourth-order valence-electron chi connectivity index (χ4n) is 7.43. The molecule has 2 aliphatic heterocycles. The molecule has 7 atom stereocenters. The molecular formula is C21H24N2O6. The summed E-state index contributed by atoms with van der Waals surface area (Å²) >= 11 is 0. The molecule has 0 aromatic heterocycles. The predicted octanol–water partition coefficient (Wildman–Crippen LogP) is -0.0336. The number of quaternary nitrogens is 1. The zero-order valence-electron chi connectivity index (χ0n) is 16.4. The van der Waals surface area contributed by atoms with Gasteiger partial charge in [0.05, 0.1) is 12.5 Å². The number of hydrogen-bond acceptors (Lipinski definition) is 6. The average Bonchev–Trinajstić information content (AvgIpc) is 3.10. The van der Waals surface area contributed by atoms with Crippen molar-refractivity contribution in [1.82, 2.24) is 4.90 Å². The third-order valence-corrected chi connectivity index (χ3v) is 8.48. The van der Waals surface area contributed by atoms with Crippen LogP contribution in [0, 0.1) is 10.6 Å². The SMILES string of the molecule is COc1ccc2c3c1OC1C4(OC)C=CC5(CC4[NH+]([O-])O)C(C2)N(C=O)CC[C@]315. The summed E-state index contributed by atoms with van der Waals surface area (Å²) in [5.74, 6) is 1.38. The van der Waals surface area contributed by atoms with E-state index in [0.29, 0.717) is 37.3 Å². The molecule has 2 N–H and O–H groups in total. The van der Waals surface area contributed by atoms with E-state index in [0.717, 1.165) is 17.5 Å². The number of likely N-dealkylation sites (tertiary alicyclic amines) is 1. The van der Waals surface area contributed by atoms with Crippen molar-refractivity contribution in [3.63, 3.8) is 0 Å². The Morgan fingerprint density at radius 2 is 2.21 bits per heavy atom. The van der Waals surface area contributed by atoms with Crippen LogP contribution >= 0.6 is 0 Å². The van der Waals surface area contributed by atoms with Gasteiger partial charge in [0.15, 0.2) is 23.1 Å². The summed E-state index contributed by atoms with van der Waals surface area (Å²) in [6.45, 7) is 0.622. The third-order valence-electron chi connectivity index (χ3n) is 8.48. The molecular weight excluding hydrogens is 376 g/mol. The van der Waals surface area contributed by atoms with Gasteiger partial charge >= 0.3 is 0 Å². The fraction of sp³-hybridized carbons (Fsp3) is 0.571. The van der Waals surface area contributed by atoms with Gasteiger partial charge in [0.2, 0.25) is 6.41 Å². The maximum absolute atomic E-state index is 12.4. The van der Waals surface area contributed by atoms with Crippen molar-refractivity contribution in [2.45, 2.75) is 48.5 Å². The van der Waals surface area contributed by atoms with E-state index in [1.54, 1.807) is 14.2 Å². The maximum Gasteiger partial charge on any atom is 0.209 e. The van der Waals surface area contributed by atoms with Gasteiger partial charge < -0.3 is 24.3 Å². The maximum atomic E-state index is 12.4. The van der Waals surface area contributed by atoms with Crippen molar-refractivity contribution in [2.24, 2.45) is 5.41 Å². The molecule has 1 saturated heterocycles. The summed E-state index contributed by atoms with van der Waals surface area (Å²) in [7, 11) is 3.19. The Morgan fingerprint density at radius 1 is 1.38 bits per heavy atom. The summed E-state index contributed by atoms with van der Waals surface area (Å²) in [5, 5.41) is 21.6. The molecule has 2 spiro atoms. The predicted molar refractivity (Wildman–Crippen MR) is 99.8 cm³/mol. The first-order valence-corrected chi connectivity index (χ1v) is 10.1. The number of fused-ring (bicyclic) bond motifs is 1. The number of methoxy groups -OCH3 is 2. The summed E-state index contributed by atoms with van der Waals surface area (Å²) in [6, 6.07) is 3.14. The lowest BCUT2D eigenvalue weighted by atomic mass is 9.38. The van der Waals surface area contributed by atoms with Crippen LogP contribution in [-0.2, 0) is 21.4 Å². The van der Waals surface area contributed by atoms with Crippen LogP contribution in [0.2, 0.25) is 0 Å². The summed E-state index contributed by atoms with van der Waals surface area (Å²) < 4.78 is 18.2. The quantitative estimate of drug-likeness (QED) is 0.419. The van der Waals surface area contributed by atoms with Gasteiger partial charge in [0.25, 0.3) is 0 Å². The number of hydroxylamine groups is 2. The molecule has 6 aliphatic rings. The molecule has 1 aromatic rings. The highest BCUT2D eigenvalue weighted by Crippen LogP contribution is 2.73. The van der Waals surface area contributed by atoms with Gasteiger partial charge in [0.1, 0.15) is 6.10 Å². The van der Waals surface area contributed by atoms with Crippen molar-refractivity contribution in [3.05, 3.63) is 40.6 Å². The average molecular weight is 400 g/mol. The van der Waals surface area contributed by atoms with E-state index in [2.05, 4.69) is 12.1 Å². The van der Waals surface area contributed by atoms with Gasteiger partial charge in [-0.3, -0.25) is 4.79 Å². The Balaban J connectivity index is 1.70. The highest BCUT2D eigenvalue weighted by atomic mass is 16.8. The third kappa shape index (κ3) is 1.64. The first-order valence-electron chi connectivity index (χ1n) is 10.1. The van der Waals surface area contributed by atoms with Crippen LogP contribution < -0.4 is 14.7 Å². The Labute approximate surface area is 168 Å². The van der Waals surface area contributed by atoms with Crippen LogP contribution in [0.15, 0.2) is 24.3 Å². The lowest BCUT2D eigenvalue weighted by Crippen LogP contribution is -3.14. The van der Waals surface area contributed by atoms with E-state index in [-0.39, 0.29) is 6.04 Å². The van der Waals surface area contributed by atoms with E-state index >= 15 is 0 Å². The van der Waals surface area contributed by atoms with Crippen LogP contribution in [0.5, 0.6) is 11.5 Å². The van der Waals surface area contributed by atoms with Crippen molar-refractivity contribution < 1.29 is 29.4 Å². The van der Waals surface area contributed by atoms with E-state index in [1.807, 2.05) is 17.0 Å². The molecule has 2 fully saturated rings. The Morgan fingerprint density at radius 3 is 2.90 bits per heavy atom. The van der Waals surface area contributed by atoms with Crippen LogP contribution in [0.25, 0.3) is 0 Å². The number of rotatable bonds is 4. The summed E-state index contributed by atoms with van der Waals surface area (Å²) in [6.07, 6.45) is 6.32. The molecule has 2 heterocycles. The Bertz CT molecular complexity index is 949. The molecule has 4 bridgehead atoms. The number of amides is 1. The molecule has 154 valence electrons. The minimum absolute atomic E-state index is 0.0973. The van der Waals surface area contributed by atoms with Crippen molar-refractivity contribution >= 4 is 6.41 Å². The van der Waals surface area contributed by atoms with Crippen LogP contribution in [-0.4, -0.2) is 61.1 Å². The molecule has 7 rings (SSSR count). The number of nitrogens with zero attached hydrogens (tertiary/aromatic N) is 1. The molecule has 8 nitrogen and oxygen atoms in total. The van der Waals surface area contributed by atoms with Crippen molar-refractivity contribution in [1.29, 1.82) is 0 Å². The zero-order chi connectivity index (χ0) is 20.2. The molecule has 0 radical (unpaired) electrons. The minimum atomic E-state index is -1.06. The number of carbonyl (C=O) groups excluding carboxylic acids is 1. The molecule has 1 saturated carbocycles. The topological polar surface area (TPSA) is 95.7 Å². The Hall–Kier alpha value is -2.13. The fourth-order valence-corrected chi connectivity index (χ4v) is 7.43. The van der Waals surface area contributed by atoms with E-state index in [9.17, 15) is 15.2 Å². The number of benzene rings is 1. The van der Waals surface area contributed by atoms with Crippen molar-refractivity contribution in [3.8, 4) is 11.5 Å². The number of nitrogens with one attached hydrogen (secondary N) is 1. The van der Waals surface area contributed by atoms with Gasteiger partial charge in [-0.15, -0.1) is 0 Å². The molecule has 6 unspecified atom stereocenters. The van der Waals surface area contributed by atoms with Crippen molar-refractivity contribution in [2.75, 3.05) is 20.8 Å². The molecule has 1 aromatic carbocycles. The first-order chi connectivity index (χ1) is 14.0. The van der Waals surface area contributed by atoms with Crippen LogP contribution in [0.1, 0.15) is 24.0 Å². The largest absolute Gasteiger partial charge is 0.600 e. The highest BCUT2D eigenvalue weighted by molar-refractivity contribution is 5.66. The highest BCUT2D eigenvalue weighted by Gasteiger charge is 2.81. The second-order valence-corrected chi connectivity index (χ2v) is 8.94. The van der Waals surface area contributed by atoms with Crippen LogP contribution in [0.3, 0.4) is 0 Å². The van der Waals surface area contributed by atoms with Gasteiger partial charge in [-0.1, -0.05) is 12.1 Å². The zero-order valence-corrected chi connectivity index (χ0v) is 16.4. The molecule has 1 amide bonds. The first kappa shape index (κ1) is 17.7. The molecule has 29 heavy (non-hydrogen) atoms. The van der Waals surface area contributed by atoms with Gasteiger partial charge in [-0.05, 0) is 30.5 Å². The standard InChI is InChI=1S/C21H24N2O6/c1-27-13-4-3-12-9-14-19-5-6-21(28-2,15(10-19)23(25)26)18-20(19,7-8-22(14)11-24)16(12)17(13)29-18/h3-6,11,14-15,18,23,25H,7-10H2,1-2H3/t14?,15?,18?,19?,20-,21?/m0/s1. The van der Waals surface area contributed by atoms with E-state index < -0.39 is 33.8 Å².